The van der Waals surface area contributed by atoms with E-state index in [-0.39, 0.29) is 0 Å². The molecule has 3 saturated carbocycles. The number of hydrogen-bond donors (Lipinski definition) is 0. The van der Waals surface area contributed by atoms with Gasteiger partial charge in [0, 0.05) is 12.8 Å². The normalized spacial score (nSPS) is 43.9. The van der Waals surface area contributed by atoms with Crippen LogP contribution in [0.25, 0.3) is 0 Å². The maximum atomic E-state index is 12.1. The Hall–Kier alpha value is -0.590. The molecule has 0 saturated heterocycles. The predicted octanol–water partition coefficient (Wildman–Crippen LogP) is 7.60. The number of carbonyl (C=O) groups is 1. The molecule has 4 aliphatic rings. The molecule has 4 aliphatic carbocycles. The Kier molecular flexibility index (Phi) is 5.60. The molecule has 0 aliphatic heterocycles. The van der Waals surface area contributed by atoms with Gasteiger partial charge in [-0.25, -0.2) is 0 Å². The molecule has 0 amide bonds. The fourth-order valence-electron chi connectivity index (χ4n) is 8.50. The zero-order chi connectivity index (χ0) is 20.1. The smallest absolute Gasteiger partial charge is 0.136 e. The summed E-state index contributed by atoms with van der Waals surface area (Å²) in [5.74, 6) is 5.82. The van der Waals surface area contributed by atoms with Gasteiger partial charge >= 0.3 is 0 Å². The van der Waals surface area contributed by atoms with Crippen LogP contribution in [0.5, 0.6) is 0 Å². The van der Waals surface area contributed by atoms with Gasteiger partial charge in [0.05, 0.1) is 0 Å². The quantitative estimate of drug-likeness (QED) is 0.446. The number of carbonyl (C=O) groups excluding carboxylic acids is 1. The van der Waals surface area contributed by atoms with Crippen LogP contribution in [0.3, 0.4) is 0 Å². The van der Waals surface area contributed by atoms with E-state index in [1.165, 1.54) is 56.9 Å². The molecule has 0 N–H and O–H groups in total. The van der Waals surface area contributed by atoms with Crippen molar-refractivity contribution in [1.82, 2.24) is 0 Å². The molecule has 0 spiro atoms. The summed E-state index contributed by atoms with van der Waals surface area (Å²) in [6.07, 6.45) is 16.5. The third-order valence-corrected chi connectivity index (χ3v) is 10.1. The molecular formula is C27H44O. The fraction of sp³-hybridized carbons (Fsp3) is 0.889. The average Bonchev–Trinajstić information content (AvgIpc) is 2.99. The van der Waals surface area contributed by atoms with Crippen molar-refractivity contribution >= 4 is 5.78 Å². The molecule has 1 unspecified atom stereocenters. The Morgan fingerprint density at radius 1 is 1.04 bits per heavy atom. The maximum absolute atomic E-state index is 12.1. The highest BCUT2D eigenvalue weighted by molar-refractivity contribution is 5.82. The first-order valence-electron chi connectivity index (χ1n) is 12.5. The molecule has 0 heterocycles. The van der Waals surface area contributed by atoms with E-state index in [9.17, 15) is 4.79 Å². The number of Topliss-reactive ketones (excluding diaryl/α,β-unsaturated/α-hetero) is 1. The first-order chi connectivity index (χ1) is 13.3. The van der Waals surface area contributed by atoms with E-state index >= 15 is 0 Å². The molecule has 4 rings (SSSR count). The van der Waals surface area contributed by atoms with Crippen LogP contribution in [0.15, 0.2) is 11.6 Å². The molecule has 7 atom stereocenters. The fourth-order valence-corrected chi connectivity index (χ4v) is 8.50. The SMILES string of the molecule is CC(C)CCCC(C)[C@H]1CC[C@H]2[C@@H]3CC=C4CC(=O)CC[C@]4(C)[C@H]3CC[C@]12C. The van der Waals surface area contributed by atoms with Gasteiger partial charge in [-0.05, 0) is 84.9 Å². The van der Waals surface area contributed by atoms with Crippen molar-refractivity contribution in [2.75, 3.05) is 0 Å². The molecule has 1 heteroatoms. The first-order valence-corrected chi connectivity index (χ1v) is 12.5. The van der Waals surface area contributed by atoms with E-state index in [0.29, 0.717) is 16.6 Å². The van der Waals surface area contributed by atoms with Crippen molar-refractivity contribution in [1.29, 1.82) is 0 Å². The molecule has 0 aromatic carbocycles. The van der Waals surface area contributed by atoms with Crippen molar-refractivity contribution in [3.8, 4) is 0 Å². The van der Waals surface area contributed by atoms with Gasteiger partial charge in [0.1, 0.15) is 5.78 Å². The van der Waals surface area contributed by atoms with Gasteiger partial charge in [0.25, 0.3) is 0 Å². The van der Waals surface area contributed by atoms with E-state index in [1.54, 1.807) is 0 Å². The molecule has 0 bridgehead atoms. The summed E-state index contributed by atoms with van der Waals surface area (Å²) in [7, 11) is 0. The summed E-state index contributed by atoms with van der Waals surface area (Å²) in [6, 6.07) is 0. The molecule has 0 radical (unpaired) electrons. The van der Waals surface area contributed by atoms with Crippen molar-refractivity contribution in [2.45, 2.75) is 105 Å². The molecular weight excluding hydrogens is 340 g/mol. The van der Waals surface area contributed by atoms with Gasteiger partial charge < -0.3 is 0 Å². The second-order valence-electron chi connectivity index (χ2n) is 12.0. The number of rotatable bonds is 5. The van der Waals surface area contributed by atoms with Gasteiger partial charge in [-0.15, -0.1) is 0 Å². The minimum atomic E-state index is 0.332. The zero-order valence-electron chi connectivity index (χ0n) is 19.2. The lowest BCUT2D eigenvalue weighted by molar-refractivity contribution is -0.122. The predicted molar refractivity (Wildman–Crippen MR) is 118 cm³/mol. The number of fused-ring (bicyclic) bond motifs is 5. The summed E-state index contributed by atoms with van der Waals surface area (Å²) in [6.45, 7) is 12.5. The Morgan fingerprint density at radius 2 is 1.82 bits per heavy atom. The summed E-state index contributed by atoms with van der Waals surface area (Å²) in [4.78, 5) is 12.1. The highest BCUT2D eigenvalue weighted by atomic mass is 16.1. The van der Waals surface area contributed by atoms with Gasteiger partial charge in [0.2, 0.25) is 0 Å². The van der Waals surface area contributed by atoms with Gasteiger partial charge in [-0.3, -0.25) is 4.79 Å². The Morgan fingerprint density at radius 3 is 2.57 bits per heavy atom. The van der Waals surface area contributed by atoms with E-state index < -0.39 is 0 Å². The van der Waals surface area contributed by atoms with Crippen molar-refractivity contribution < 1.29 is 4.79 Å². The van der Waals surface area contributed by atoms with Crippen LogP contribution in [-0.4, -0.2) is 5.78 Å². The molecule has 3 fully saturated rings. The number of ketones is 1. The lowest BCUT2D eigenvalue weighted by Crippen LogP contribution is -2.50. The van der Waals surface area contributed by atoms with E-state index in [1.807, 2.05) is 0 Å². The lowest BCUT2D eigenvalue weighted by atomic mass is 9.47. The maximum Gasteiger partial charge on any atom is 0.136 e. The summed E-state index contributed by atoms with van der Waals surface area (Å²) in [5.41, 5.74) is 2.43. The lowest BCUT2D eigenvalue weighted by Gasteiger charge is -2.58. The Labute approximate surface area is 174 Å². The van der Waals surface area contributed by atoms with Crippen molar-refractivity contribution in [2.24, 2.45) is 46.3 Å². The highest BCUT2D eigenvalue weighted by Gasteiger charge is 2.59. The standard InChI is InChI=1S/C27H44O/c1-18(2)7-6-8-19(3)23-11-12-24-22-10-9-20-17-21(28)13-15-26(20,4)25(22)14-16-27(23,24)5/h9,18-19,22-25H,6-8,10-17H2,1-5H3/t19?,22-,23+,24-,25-,26-,27+/m0/s1. The van der Waals surface area contributed by atoms with Crippen LogP contribution in [0.2, 0.25) is 0 Å². The molecule has 1 nitrogen and oxygen atoms in total. The van der Waals surface area contributed by atoms with Crippen LogP contribution in [0, 0.1) is 46.3 Å². The van der Waals surface area contributed by atoms with E-state index in [4.69, 9.17) is 0 Å². The van der Waals surface area contributed by atoms with Crippen molar-refractivity contribution in [3.63, 3.8) is 0 Å². The zero-order valence-corrected chi connectivity index (χ0v) is 19.2. The van der Waals surface area contributed by atoms with Crippen LogP contribution in [0.1, 0.15) is 105 Å². The Bertz CT molecular complexity index is 630. The van der Waals surface area contributed by atoms with Crippen LogP contribution in [-0.2, 0) is 4.79 Å². The number of allylic oxidation sites excluding steroid dienone is 2. The number of hydrogen-bond acceptors (Lipinski definition) is 1. The van der Waals surface area contributed by atoms with Crippen LogP contribution >= 0.6 is 0 Å². The molecule has 0 aromatic rings. The minimum absolute atomic E-state index is 0.332. The van der Waals surface area contributed by atoms with Crippen LogP contribution in [0.4, 0.5) is 0 Å². The second kappa shape index (κ2) is 7.59. The minimum Gasteiger partial charge on any atom is -0.299 e. The molecule has 158 valence electrons. The van der Waals surface area contributed by atoms with E-state index in [0.717, 1.165) is 54.8 Å². The van der Waals surface area contributed by atoms with Gasteiger partial charge in [-0.1, -0.05) is 65.5 Å². The van der Waals surface area contributed by atoms with E-state index in [2.05, 4.69) is 40.7 Å². The monoisotopic (exact) mass is 384 g/mol. The van der Waals surface area contributed by atoms with Crippen LogP contribution < -0.4 is 0 Å². The highest BCUT2D eigenvalue weighted by Crippen LogP contribution is 2.67. The third kappa shape index (κ3) is 3.33. The summed E-state index contributed by atoms with van der Waals surface area (Å²) < 4.78 is 0. The summed E-state index contributed by atoms with van der Waals surface area (Å²) >= 11 is 0. The topological polar surface area (TPSA) is 17.1 Å². The Balaban J connectivity index is 1.50. The average molecular weight is 385 g/mol. The van der Waals surface area contributed by atoms with Gasteiger partial charge in [-0.2, -0.15) is 0 Å². The van der Waals surface area contributed by atoms with Crippen molar-refractivity contribution in [3.05, 3.63) is 11.6 Å². The third-order valence-electron chi connectivity index (χ3n) is 10.1. The molecule has 0 aromatic heterocycles. The molecule has 28 heavy (non-hydrogen) atoms. The second-order valence-corrected chi connectivity index (χ2v) is 12.0. The largest absolute Gasteiger partial charge is 0.299 e. The van der Waals surface area contributed by atoms with Gasteiger partial charge in [0.15, 0.2) is 0 Å². The first kappa shape index (κ1) is 20.7. The summed E-state index contributed by atoms with van der Waals surface area (Å²) in [5, 5.41) is 0.